The Morgan fingerprint density at radius 3 is 2.96 bits per heavy atom. The monoisotopic (exact) mass is 385 g/mol. The summed E-state index contributed by atoms with van der Waals surface area (Å²) in [5.41, 5.74) is 0.896. The molecular weight excluding hydrogens is 362 g/mol. The van der Waals surface area contributed by atoms with Gasteiger partial charge in [0.1, 0.15) is 27.1 Å². The lowest BCUT2D eigenvalue weighted by Crippen LogP contribution is -2.34. The highest BCUT2D eigenvalue weighted by atomic mass is 32.1. The van der Waals surface area contributed by atoms with Crippen molar-refractivity contribution in [3.8, 4) is 0 Å². The maximum atomic E-state index is 12.4. The lowest BCUT2D eigenvalue weighted by atomic mass is 9.99. The van der Waals surface area contributed by atoms with E-state index < -0.39 is 0 Å². The van der Waals surface area contributed by atoms with Crippen molar-refractivity contribution >= 4 is 33.3 Å². The highest BCUT2D eigenvalue weighted by molar-refractivity contribution is 7.20. The number of fused-ring (bicyclic) bond motifs is 1. The molecule has 1 fully saturated rings. The molecule has 142 valence electrons. The number of thiophene rings is 1. The third kappa shape index (κ3) is 3.20. The fraction of sp³-hybridized carbons (Fsp3) is 0.450. The van der Waals surface area contributed by atoms with Crippen LogP contribution in [0.4, 0.5) is 5.82 Å². The molecule has 0 amide bonds. The topological polar surface area (TPSA) is 68.5 Å². The van der Waals surface area contributed by atoms with Gasteiger partial charge < -0.3 is 14.1 Å². The maximum Gasteiger partial charge on any atom is 0.348 e. The first-order valence-corrected chi connectivity index (χ1v) is 10.2. The van der Waals surface area contributed by atoms with Gasteiger partial charge in [-0.3, -0.25) is 0 Å². The van der Waals surface area contributed by atoms with Crippen LogP contribution < -0.4 is 4.90 Å². The Hall–Kier alpha value is -2.41. The lowest BCUT2D eigenvalue weighted by Gasteiger charge is -2.36. The Morgan fingerprint density at radius 1 is 1.37 bits per heavy atom. The lowest BCUT2D eigenvalue weighted by molar-refractivity contribution is 0.0531. The molecule has 7 heteroatoms. The molecule has 0 saturated carbocycles. The van der Waals surface area contributed by atoms with Crippen LogP contribution in [-0.2, 0) is 4.74 Å². The van der Waals surface area contributed by atoms with E-state index in [1.807, 2.05) is 32.9 Å². The summed E-state index contributed by atoms with van der Waals surface area (Å²) in [5.74, 6) is 2.27. The van der Waals surface area contributed by atoms with Gasteiger partial charge in [-0.2, -0.15) is 0 Å². The van der Waals surface area contributed by atoms with E-state index in [4.69, 9.17) is 14.1 Å². The number of carbonyl (C=O) groups is 1. The van der Waals surface area contributed by atoms with Crippen molar-refractivity contribution in [1.29, 1.82) is 0 Å². The highest BCUT2D eigenvalue weighted by Gasteiger charge is 2.31. The first-order chi connectivity index (χ1) is 13.1. The van der Waals surface area contributed by atoms with Gasteiger partial charge in [-0.05, 0) is 57.7 Å². The molecule has 27 heavy (non-hydrogen) atoms. The molecular formula is C20H23N3O3S. The summed E-state index contributed by atoms with van der Waals surface area (Å²) < 4.78 is 10.9. The Morgan fingerprint density at radius 2 is 2.22 bits per heavy atom. The number of hydrogen-bond acceptors (Lipinski definition) is 7. The largest absolute Gasteiger partial charge is 0.467 e. The Kier molecular flexibility index (Phi) is 4.86. The number of nitrogens with zero attached hydrogens (tertiary/aromatic N) is 3. The van der Waals surface area contributed by atoms with Gasteiger partial charge in [0, 0.05) is 6.54 Å². The molecule has 0 N–H and O–H groups in total. The smallest absolute Gasteiger partial charge is 0.348 e. The molecule has 6 nitrogen and oxygen atoms in total. The standard InChI is InChI=1S/C20H23N3O3S/c1-4-25-20(24)17-12(2)16-18(21-13(3)22-19(16)27-17)23-10-6-5-8-14(23)15-9-7-11-26-15/h7,9,11,14H,4-6,8,10H2,1-3H3. The summed E-state index contributed by atoms with van der Waals surface area (Å²) in [5, 5.41) is 0.951. The molecule has 1 saturated heterocycles. The minimum atomic E-state index is -0.289. The SMILES string of the molecule is CCOC(=O)c1sc2nc(C)nc(N3CCCCC3c3ccco3)c2c1C. The fourth-order valence-electron chi connectivity index (χ4n) is 3.78. The molecule has 4 rings (SSSR count). The summed E-state index contributed by atoms with van der Waals surface area (Å²) in [6.07, 6.45) is 5.01. The van der Waals surface area contributed by atoms with E-state index in [2.05, 4.69) is 9.88 Å². The quantitative estimate of drug-likeness (QED) is 0.600. The first-order valence-electron chi connectivity index (χ1n) is 9.35. The summed E-state index contributed by atoms with van der Waals surface area (Å²) >= 11 is 1.39. The average molecular weight is 385 g/mol. The fourth-order valence-corrected chi connectivity index (χ4v) is 4.90. The van der Waals surface area contributed by atoms with Crippen LogP contribution in [0, 0.1) is 13.8 Å². The second kappa shape index (κ2) is 7.31. The second-order valence-electron chi connectivity index (χ2n) is 6.77. The molecule has 1 unspecified atom stereocenters. The van der Waals surface area contributed by atoms with Crippen LogP contribution in [0.3, 0.4) is 0 Å². The molecule has 3 aromatic rings. The number of aromatic nitrogens is 2. The molecule has 3 aromatic heterocycles. The highest BCUT2D eigenvalue weighted by Crippen LogP contribution is 2.41. The van der Waals surface area contributed by atoms with Gasteiger partial charge in [0.2, 0.25) is 0 Å². The number of rotatable bonds is 4. The second-order valence-corrected chi connectivity index (χ2v) is 7.77. The summed E-state index contributed by atoms with van der Waals surface area (Å²) in [6, 6.07) is 4.10. The van der Waals surface area contributed by atoms with Crippen LogP contribution >= 0.6 is 11.3 Å². The van der Waals surface area contributed by atoms with Crippen LogP contribution in [0.5, 0.6) is 0 Å². The number of piperidine rings is 1. The predicted molar refractivity (Wildman–Crippen MR) is 105 cm³/mol. The number of hydrogen-bond donors (Lipinski definition) is 0. The van der Waals surface area contributed by atoms with Crippen LogP contribution in [0.25, 0.3) is 10.2 Å². The molecule has 0 bridgehead atoms. The normalized spacial score (nSPS) is 17.4. The van der Waals surface area contributed by atoms with E-state index >= 15 is 0 Å². The van der Waals surface area contributed by atoms with Gasteiger partial charge in [-0.1, -0.05) is 0 Å². The molecule has 0 aliphatic carbocycles. The number of furan rings is 1. The third-order valence-corrected chi connectivity index (χ3v) is 6.16. The molecule has 0 aromatic carbocycles. The summed E-state index contributed by atoms with van der Waals surface area (Å²) in [6.45, 7) is 6.93. The number of carbonyl (C=O) groups excluding carboxylic acids is 1. The predicted octanol–water partition coefficient (Wildman–Crippen LogP) is 4.81. The van der Waals surface area contributed by atoms with Gasteiger partial charge in [-0.15, -0.1) is 11.3 Å². The molecule has 0 spiro atoms. The van der Waals surface area contributed by atoms with Gasteiger partial charge in [-0.25, -0.2) is 14.8 Å². The van der Waals surface area contributed by atoms with E-state index in [1.165, 1.54) is 11.3 Å². The van der Waals surface area contributed by atoms with E-state index in [9.17, 15) is 4.79 Å². The van der Waals surface area contributed by atoms with Crippen molar-refractivity contribution in [1.82, 2.24) is 9.97 Å². The number of ether oxygens (including phenoxy) is 1. The zero-order chi connectivity index (χ0) is 19.0. The Bertz CT molecular complexity index is 965. The molecule has 0 radical (unpaired) electrons. The van der Waals surface area contributed by atoms with E-state index in [-0.39, 0.29) is 12.0 Å². The van der Waals surface area contributed by atoms with Crippen LogP contribution in [0.1, 0.15) is 59.0 Å². The van der Waals surface area contributed by atoms with Crippen LogP contribution in [0.2, 0.25) is 0 Å². The minimum Gasteiger partial charge on any atom is -0.467 e. The Labute approximate surface area is 162 Å². The van der Waals surface area contributed by atoms with Crippen molar-refractivity contribution in [2.75, 3.05) is 18.1 Å². The van der Waals surface area contributed by atoms with Gasteiger partial charge in [0.15, 0.2) is 0 Å². The minimum absolute atomic E-state index is 0.150. The summed E-state index contributed by atoms with van der Waals surface area (Å²) in [4.78, 5) is 25.5. The molecule has 1 atom stereocenters. The van der Waals surface area contributed by atoms with Crippen LogP contribution in [0.15, 0.2) is 22.8 Å². The van der Waals surface area contributed by atoms with Crippen molar-refractivity contribution in [3.05, 3.63) is 40.4 Å². The number of aryl methyl sites for hydroxylation is 2. The van der Waals surface area contributed by atoms with E-state index in [0.717, 1.165) is 53.2 Å². The zero-order valence-corrected chi connectivity index (χ0v) is 16.6. The van der Waals surface area contributed by atoms with Crippen molar-refractivity contribution < 1.29 is 13.9 Å². The maximum absolute atomic E-state index is 12.4. The average Bonchev–Trinajstić information content (AvgIpc) is 3.30. The van der Waals surface area contributed by atoms with E-state index in [0.29, 0.717) is 17.3 Å². The van der Waals surface area contributed by atoms with Gasteiger partial charge in [0.05, 0.1) is 24.3 Å². The van der Waals surface area contributed by atoms with Gasteiger partial charge >= 0.3 is 5.97 Å². The van der Waals surface area contributed by atoms with E-state index in [1.54, 1.807) is 6.26 Å². The van der Waals surface area contributed by atoms with Gasteiger partial charge in [0.25, 0.3) is 0 Å². The Balaban J connectivity index is 1.86. The number of anilines is 1. The molecule has 1 aliphatic heterocycles. The van der Waals surface area contributed by atoms with Crippen LogP contribution in [-0.4, -0.2) is 29.1 Å². The molecule has 4 heterocycles. The molecule has 1 aliphatic rings. The third-order valence-electron chi connectivity index (χ3n) is 4.99. The van der Waals surface area contributed by atoms with Crippen molar-refractivity contribution in [2.45, 2.75) is 46.1 Å². The first kappa shape index (κ1) is 18.0. The number of esters is 1. The summed E-state index contributed by atoms with van der Waals surface area (Å²) in [7, 11) is 0. The van der Waals surface area contributed by atoms with Crippen molar-refractivity contribution in [3.63, 3.8) is 0 Å². The van der Waals surface area contributed by atoms with Crippen molar-refractivity contribution in [2.24, 2.45) is 0 Å². The zero-order valence-electron chi connectivity index (χ0n) is 15.8.